The number of hydrogen-bond donors (Lipinski definition) is 1. The Kier molecular flexibility index (Phi) is 4.51. The van der Waals surface area contributed by atoms with E-state index in [9.17, 15) is 0 Å². The molecule has 0 radical (unpaired) electrons. The van der Waals surface area contributed by atoms with Crippen LogP contribution >= 0.6 is 23.4 Å². The highest BCUT2D eigenvalue weighted by Gasteiger charge is 2.12. The van der Waals surface area contributed by atoms with Crippen molar-refractivity contribution in [2.75, 3.05) is 5.84 Å². The fraction of sp³-hybridized carbons (Fsp3) is 0.0625. The largest absolute Gasteiger partial charge is 0.335 e. The van der Waals surface area contributed by atoms with Crippen molar-refractivity contribution in [1.29, 1.82) is 5.26 Å². The molecule has 0 spiro atoms. The Labute approximate surface area is 142 Å². The van der Waals surface area contributed by atoms with E-state index >= 15 is 0 Å². The second-order valence-electron chi connectivity index (χ2n) is 4.78. The van der Waals surface area contributed by atoms with Crippen molar-refractivity contribution < 1.29 is 0 Å². The van der Waals surface area contributed by atoms with Gasteiger partial charge in [-0.25, -0.2) is 4.68 Å². The van der Waals surface area contributed by atoms with Gasteiger partial charge in [-0.1, -0.05) is 35.5 Å². The number of nitriles is 1. The van der Waals surface area contributed by atoms with Crippen molar-refractivity contribution in [3.05, 3.63) is 64.7 Å². The summed E-state index contributed by atoms with van der Waals surface area (Å²) in [4.78, 5) is 0. The zero-order chi connectivity index (χ0) is 16.2. The van der Waals surface area contributed by atoms with Crippen molar-refractivity contribution in [3.8, 4) is 17.5 Å². The van der Waals surface area contributed by atoms with Gasteiger partial charge in [-0.3, -0.25) is 0 Å². The summed E-state index contributed by atoms with van der Waals surface area (Å²) in [6, 6.07) is 16.8. The van der Waals surface area contributed by atoms with Crippen molar-refractivity contribution >= 4 is 23.4 Å². The van der Waals surface area contributed by atoms with Gasteiger partial charge in [0.05, 0.1) is 11.6 Å². The van der Waals surface area contributed by atoms with Gasteiger partial charge in [-0.15, -0.1) is 10.2 Å². The maximum atomic E-state index is 8.93. The van der Waals surface area contributed by atoms with E-state index in [0.717, 1.165) is 11.1 Å². The third-order valence-corrected chi connectivity index (χ3v) is 4.46. The van der Waals surface area contributed by atoms with Gasteiger partial charge in [-0.2, -0.15) is 5.26 Å². The Morgan fingerprint density at radius 2 is 1.96 bits per heavy atom. The molecular formula is C16H12ClN5S. The number of aromatic nitrogens is 3. The third kappa shape index (κ3) is 3.47. The van der Waals surface area contributed by atoms with Crippen molar-refractivity contribution in [2.24, 2.45) is 0 Å². The summed E-state index contributed by atoms with van der Waals surface area (Å²) in [6.45, 7) is 0. The molecule has 114 valence electrons. The second kappa shape index (κ2) is 6.73. The predicted octanol–water partition coefficient (Wildman–Crippen LogP) is 3.48. The molecule has 0 aliphatic heterocycles. The van der Waals surface area contributed by atoms with Gasteiger partial charge in [0.1, 0.15) is 0 Å². The SMILES string of the molecule is N#Cc1cccc(CSc2nnc(-c3ccc(Cl)cc3)n2N)c1. The molecule has 0 atom stereocenters. The fourth-order valence-electron chi connectivity index (χ4n) is 2.05. The molecule has 3 rings (SSSR count). The van der Waals surface area contributed by atoms with E-state index in [1.807, 2.05) is 30.3 Å². The predicted molar refractivity (Wildman–Crippen MR) is 91.3 cm³/mol. The molecule has 1 heterocycles. The normalized spacial score (nSPS) is 10.4. The quantitative estimate of drug-likeness (QED) is 0.580. The van der Waals surface area contributed by atoms with Crippen LogP contribution in [0.1, 0.15) is 11.1 Å². The monoisotopic (exact) mass is 341 g/mol. The molecule has 0 unspecified atom stereocenters. The smallest absolute Gasteiger partial charge is 0.210 e. The molecule has 23 heavy (non-hydrogen) atoms. The highest BCUT2D eigenvalue weighted by Crippen LogP contribution is 2.25. The molecule has 0 aliphatic carbocycles. The van der Waals surface area contributed by atoms with Gasteiger partial charge < -0.3 is 5.84 Å². The zero-order valence-corrected chi connectivity index (χ0v) is 13.6. The first-order chi connectivity index (χ1) is 11.2. The number of nitrogens with two attached hydrogens (primary N) is 1. The minimum Gasteiger partial charge on any atom is -0.335 e. The van der Waals surface area contributed by atoms with Crippen LogP contribution < -0.4 is 5.84 Å². The molecule has 0 fully saturated rings. The molecule has 3 aromatic rings. The van der Waals surface area contributed by atoms with E-state index in [1.54, 1.807) is 18.2 Å². The van der Waals surface area contributed by atoms with Crippen LogP contribution in [0.3, 0.4) is 0 Å². The van der Waals surface area contributed by atoms with Crippen LogP contribution in [0.15, 0.2) is 53.7 Å². The Bertz CT molecular complexity index is 867. The lowest BCUT2D eigenvalue weighted by Crippen LogP contribution is -2.11. The molecule has 5 nitrogen and oxygen atoms in total. The summed E-state index contributed by atoms with van der Waals surface area (Å²) in [5, 5.41) is 18.5. The fourth-order valence-corrected chi connectivity index (χ4v) is 2.98. The maximum Gasteiger partial charge on any atom is 0.210 e. The van der Waals surface area contributed by atoms with Crippen LogP contribution in [-0.2, 0) is 5.75 Å². The highest BCUT2D eigenvalue weighted by atomic mass is 35.5. The van der Waals surface area contributed by atoms with E-state index < -0.39 is 0 Å². The zero-order valence-electron chi connectivity index (χ0n) is 12.0. The first-order valence-corrected chi connectivity index (χ1v) is 8.12. The lowest BCUT2D eigenvalue weighted by molar-refractivity contribution is 0.849. The number of hydrogen-bond acceptors (Lipinski definition) is 5. The standard InChI is InChI=1S/C16H12ClN5S/c17-14-6-4-13(5-7-14)15-20-21-16(22(15)19)23-10-12-3-1-2-11(8-12)9-18/h1-8H,10,19H2. The molecule has 0 aliphatic rings. The van der Waals surface area contributed by atoms with Crippen molar-refractivity contribution in [3.63, 3.8) is 0 Å². The number of halogens is 1. The molecule has 1 aromatic heterocycles. The van der Waals surface area contributed by atoms with E-state index in [-0.39, 0.29) is 0 Å². The molecule has 0 amide bonds. The topological polar surface area (TPSA) is 80.5 Å². The summed E-state index contributed by atoms with van der Waals surface area (Å²) in [5.41, 5.74) is 2.52. The number of thioether (sulfide) groups is 1. The van der Waals surface area contributed by atoms with Gasteiger partial charge in [0, 0.05) is 16.3 Å². The van der Waals surface area contributed by atoms with E-state index in [2.05, 4.69) is 16.3 Å². The minimum absolute atomic E-state index is 0.579. The first-order valence-electron chi connectivity index (χ1n) is 6.75. The van der Waals surface area contributed by atoms with E-state index in [4.69, 9.17) is 22.7 Å². The van der Waals surface area contributed by atoms with Crippen LogP contribution in [0, 0.1) is 11.3 Å². The lowest BCUT2D eigenvalue weighted by Gasteiger charge is -2.04. The van der Waals surface area contributed by atoms with Gasteiger partial charge in [-0.05, 0) is 42.0 Å². The lowest BCUT2D eigenvalue weighted by atomic mass is 10.2. The molecule has 0 saturated heterocycles. The Morgan fingerprint density at radius 1 is 1.17 bits per heavy atom. The minimum atomic E-state index is 0.579. The molecule has 2 N–H and O–H groups in total. The van der Waals surface area contributed by atoms with Gasteiger partial charge in [0.25, 0.3) is 0 Å². The Balaban J connectivity index is 1.77. The highest BCUT2D eigenvalue weighted by molar-refractivity contribution is 7.98. The second-order valence-corrected chi connectivity index (χ2v) is 6.16. The summed E-state index contributed by atoms with van der Waals surface area (Å²) in [6.07, 6.45) is 0. The molecular weight excluding hydrogens is 330 g/mol. The van der Waals surface area contributed by atoms with Crippen molar-refractivity contribution in [2.45, 2.75) is 10.9 Å². The summed E-state index contributed by atoms with van der Waals surface area (Å²) >= 11 is 7.35. The Morgan fingerprint density at radius 3 is 2.70 bits per heavy atom. The molecule has 2 aromatic carbocycles. The number of benzene rings is 2. The summed E-state index contributed by atoms with van der Waals surface area (Å²) in [5.74, 6) is 7.32. The Hall–Kier alpha value is -2.49. The van der Waals surface area contributed by atoms with Crippen LogP contribution in [-0.4, -0.2) is 14.9 Å². The summed E-state index contributed by atoms with van der Waals surface area (Å²) < 4.78 is 1.46. The molecule has 7 heteroatoms. The molecule has 0 saturated carbocycles. The third-order valence-electron chi connectivity index (χ3n) is 3.19. The van der Waals surface area contributed by atoms with E-state index in [0.29, 0.717) is 27.3 Å². The maximum absolute atomic E-state index is 8.93. The van der Waals surface area contributed by atoms with E-state index in [1.165, 1.54) is 16.4 Å². The van der Waals surface area contributed by atoms with Crippen LogP contribution in [0.4, 0.5) is 0 Å². The molecule has 0 bridgehead atoms. The van der Waals surface area contributed by atoms with Crippen LogP contribution in [0.2, 0.25) is 5.02 Å². The van der Waals surface area contributed by atoms with Crippen LogP contribution in [0.5, 0.6) is 0 Å². The summed E-state index contributed by atoms with van der Waals surface area (Å²) in [7, 11) is 0. The van der Waals surface area contributed by atoms with Gasteiger partial charge in [0.15, 0.2) is 5.82 Å². The van der Waals surface area contributed by atoms with Crippen LogP contribution in [0.25, 0.3) is 11.4 Å². The average Bonchev–Trinajstić information content (AvgIpc) is 2.95. The average molecular weight is 342 g/mol. The van der Waals surface area contributed by atoms with Gasteiger partial charge in [0.2, 0.25) is 5.16 Å². The first kappa shape index (κ1) is 15.4. The number of rotatable bonds is 4. The number of nitrogens with zero attached hydrogens (tertiary/aromatic N) is 4. The van der Waals surface area contributed by atoms with Gasteiger partial charge >= 0.3 is 0 Å². The van der Waals surface area contributed by atoms with Crippen molar-refractivity contribution in [1.82, 2.24) is 14.9 Å². The number of nitrogen functional groups attached to an aromatic ring is 1.